The first kappa shape index (κ1) is 21.1. The first-order chi connectivity index (χ1) is 15.3. The van der Waals surface area contributed by atoms with Crippen LogP contribution in [0.15, 0.2) is 41.5 Å². The van der Waals surface area contributed by atoms with E-state index >= 15 is 0 Å². The van der Waals surface area contributed by atoms with Crippen LogP contribution in [0.4, 0.5) is 0 Å². The molecule has 1 saturated carbocycles. The monoisotopic (exact) mass is 473 g/mol. The normalized spacial score (nSPS) is 19.8. The highest BCUT2D eigenvalue weighted by atomic mass is 32.2. The van der Waals surface area contributed by atoms with Gasteiger partial charge in [0, 0.05) is 17.0 Å². The summed E-state index contributed by atoms with van der Waals surface area (Å²) in [5.41, 5.74) is 1.29. The number of nitrogens with zero attached hydrogens (tertiary/aromatic N) is 3. The van der Waals surface area contributed by atoms with Crippen molar-refractivity contribution in [2.24, 2.45) is 0 Å². The van der Waals surface area contributed by atoms with Gasteiger partial charge in [0.05, 0.1) is 30.5 Å². The van der Waals surface area contributed by atoms with Crippen molar-refractivity contribution in [3.05, 3.63) is 47.0 Å². The number of rotatable bonds is 6. The fourth-order valence-electron chi connectivity index (χ4n) is 4.24. The number of carbonyl (C=O) groups excluding carboxylic acids is 1. The molecule has 10 heteroatoms. The summed E-state index contributed by atoms with van der Waals surface area (Å²) in [7, 11) is -1.49. The number of sulfone groups is 1. The molecule has 168 valence electrons. The maximum atomic E-state index is 13.1. The van der Waals surface area contributed by atoms with Crippen LogP contribution in [-0.4, -0.2) is 59.5 Å². The molecule has 1 aliphatic carbocycles. The van der Waals surface area contributed by atoms with Crippen molar-refractivity contribution < 1.29 is 17.9 Å². The zero-order valence-corrected chi connectivity index (χ0v) is 19.2. The van der Waals surface area contributed by atoms with Crippen LogP contribution >= 0.6 is 11.3 Å². The van der Waals surface area contributed by atoms with Crippen LogP contribution in [0.1, 0.15) is 19.3 Å². The van der Waals surface area contributed by atoms with E-state index < -0.39 is 9.84 Å². The minimum atomic E-state index is -3.10. The van der Waals surface area contributed by atoms with E-state index in [2.05, 4.69) is 4.98 Å². The maximum Gasteiger partial charge on any atom is 0.271 e. The molecule has 1 amide bonds. The Kier molecular flexibility index (Phi) is 5.29. The Labute approximate surface area is 189 Å². The fourth-order valence-corrected chi connectivity index (χ4v) is 7.01. The number of thiophene rings is 1. The number of aromatic nitrogens is 2. The first-order valence-corrected chi connectivity index (χ1v) is 13.1. The summed E-state index contributed by atoms with van der Waals surface area (Å²) < 4.78 is 30.8. The number of fused-ring (bicyclic) bond motifs is 1. The van der Waals surface area contributed by atoms with Crippen molar-refractivity contribution in [3.8, 4) is 16.2 Å². The Morgan fingerprint density at radius 3 is 2.59 bits per heavy atom. The fraction of sp³-hybridized carbons (Fsp3) is 0.409. The molecule has 3 heterocycles. The molecule has 32 heavy (non-hydrogen) atoms. The van der Waals surface area contributed by atoms with E-state index in [1.807, 2.05) is 30.3 Å². The van der Waals surface area contributed by atoms with E-state index in [1.165, 1.54) is 22.2 Å². The van der Waals surface area contributed by atoms with Crippen molar-refractivity contribution in [1.29, 1.82) is 0 Å². The summed E-state index contributed by atoms with van der Waals surface area (Å²) >= 11 is 1.34. The lowest BCUT2D eigenvalue weighted by Gasteiger charge is -2.28. The number of hydrogen-bond acceptors (Lipinski definition) is 7. The van der Waals surface area contributed by atoms with Crippen molar-refractivity contribution in [2.45, 2.75) is 37.9 Å². The Balaban J connectivity index is 1.41. The zero-order valence-electron chi connectivity index (χ0n) is 17.6. The predicted molar refractivity (Wildman–Crippen MR) is 123 cm³/mol. The van der Waals surface area contributed by atoms with Crippen molar-refractivity contribution in [1.82, 2.24) is 14.5 Å². The summed E-state index contributed by atoms with van der Waals surface area (Å²) in [6.45, 7) is -0.134. The molecule has 0 spiro atoms. The summed E-state index contributed by atoms with van der Waals surface area (Å²) in [5, 5.41) is 0. The van der Waals surface area contributed by atoms with E-state index in [-0.39, 0.29) is 41.6 Å². The third-order valence-electron chi connectivity index (χ3n) is 6.01. The highest BCUT2D eigenvalue weighted by Crippen LogP contribution is 2.33. The van der Waals surface area contributed by atoms with Gasteiger partial charge >= 0.3 is 0 Å². The second-order valence-electron chi connectivity index (χ2n) is 8.32. The Hall–Kier alpha value is -2.72. The zero-order chi connectivity index (χ0) is 22.5. The maximum absolute atomic E-state index is 13.1. The van der Waals surface area contributed by atoms with E-state index in [1.54, 1.807) is 12.0 Å². The molecule has 1 atom stereocenters. The Morgan fingerprint density at radius 1 is 1.22 bits per heavy atom. The Bertz CT molecular complexity index is 1340. The van der Waals surface area contributed by atoms with E-state index in [9.17, 15) is 18.0 Å². The van der Waals surface area contributed by atoms with Crippen LogP contribution in [0.5, 0.6) is 5.75 Å². The first-order valence-electron chi connectivity index (χ1n) is 10.5. The highest BCUT2D eigenvalue weighted by molar-refractivity contribution is 7.91. The van der Waals surface area contributed by atoms with Gasteiger partial charge in [-0.05, 0) is 55.2 Å². The highest BCUT2D eigenvalue weighted by Gasteiger charge is 2.42. The Morgan fingerprint density at radius 2 is 1.97 bits per heavy atom. The molecule has 2 aromatic heterocycles. The van der Waals surface area contributed by atoms with Crippen molar-refractivity contribution in [3.63, 3.8) is 0 Å². The molecule has 5 rings (SSSR count). The molecule has 8 nitrogen and oxygen atoms in total. The van der Waals surface area contributed by atoms with Crippen molar-refractivity contribution >= 4 is 37.3 Å². The number of hydrogen-bond donors (Lipinski definition) is 0. The lowest BCUT2D eigenvalue weighted by atomic mass is 10.2. The number of carbonyl (C=O) groups is 1. The largest absolute Gasteiger partial charge is 0.497 e. The number of amides is 1. The van der Waals surface area contributed by atoms with Crippen LogP contribution < -0.4 is 10.3 Å². The van der Waals surface area contributed by atoms with Crippen molar-refractivity contribution in [2.75, 3.05) is 18.6 Å². The average molecular weight is 474 g/mol. The van der Waals surface area contributed by atoms with Gasteiger partial charge in [-0.25, -0.2) is 13.4 Å². The van der Waals surface area contributed by atoms with Gasteiger partial charge in [-0.15, -0.1) is 11.3 Å². The quantitative estimate of drug-likeness (QED) is 0.545. The molecule has 1 aliphatic heterocycles. The van der Waals surface area contributed by atoms with Gasteiger partial charge in [0.15, 0.2) is 9.84 Å². The third kappa shape index (κ3) is 4.04. The SMILES string of the molecule is COc1ccc(-c2cc3ncn(CC(=O)N(C4CC4)C4CCS(=O)(=O)C4)c(=O)c3s2)cc1. The molecule has 2 aliphatic rings. The molecule has 1 unspecified atom stereocenters. The van der Waals surface area contributed by atoms with Gasteiger partial charge in [-0.2, -0.15) is 0 Å². The molecule has 2 fully saturated rings. The molecule has 1 saturated heterocycles. The van der Waals surface area contributed by atoms with E-state index in [0.717, 1.165) is 29.0 Å². The lowest BCUT2D eigenvalue weighted by Crippen LogP contribution is -2.45. The van der Waals surface area contributed by atoms with E-state index in [0.29, 0.717) is 16.6 Å². The molecular formula is C22H23N3O5S2. The van der Waals surface area contributed by atoms with Gasteiger partial charge in [0.1, 0.15) is 17.0 Å². The average Bonchev–Trinajstić information content (AvgIpc) is 3.39. The van der Waals surface area contributed by atoms with Crippen LogP contribution in [0.2, 0.25) is 0 Å². The number of ether oxygens (including phenoxy) is 1. The summed E-state index contributed by atoms with van der Waals surface area (Å²) in [5.74, 6) is 0.664. The van der Waals surface area contributed by atoms with Crippen LogP contribution in [-0.2, 0) is 21.2 Å². The van der Waals surface area contributed by atoms with E-state index in [4.69, 9.17) is 4.74 Å². The second kappa shape index (κ2) is 8.00. The second-order valence-corrected chi connectivity index (χ2v) is 11.6. The number of benzene rings is 1. The molecule has 0 N–H and O–H groups in total. The summed E-state index contributed by atoms with van der Waals surface area (Å²) in [4.78, 5) is 33.2. The molecule has 0 bridgehead atoms. The predicted octanol–water partition coefficient (Wildman–Crippen LogP) is 2.31. The minimum absolute atomic E-state index is 0.0115. The van der Waals surface area contributed by atoms with Gasteiger partial charge in [0.25, 0.3) is 5.56 Å². The van der Waals surface area contributed by atoms with Gasteiger partial charge < -0.3 is 9.64 Å². The molecule has 1 aromatic carbocycles. The smallest absolute Gasteiger partial charge is 0.271 e. The standard InChI is InChI=1S/C22H23N3O5S2/c1-30-17-6-2-14(3-7-17)19-10-18-21(31-19)22(27)24(13-23-18)11-20(26)25(15-4-5-15)16-8-9-32(28,29)12-16/h2-3,6-7,10,13,15-16H,4-5,8-9,11-12H2,1H3. The van der Waals surface area contributed by atoms with Gasteiger partial charge in [-0.1, -0.05) is 0 Å². The molecule has 3 aromatic rings. The third-order valence-corrected chi connectivity index (χ3v) is 8.93. The minimum Gasteiger partial charge on any atom is -0.497 e. The molecular weight excluding hydrogens is 450 g/mol. The van der Waals surface area contributed by atoms with Crippen LogP contribution in [0.25, 0.3) is 20.7 Å². The summed E-state index contributed by atoms with van der Waals surface area (Å²) in [6.07, 6.45) is 3.63. The topological polar surface area (TPSA) is 98.6 Å². The van der Waals surface area contributed by atoms with Gasteiger partial charge in [-0.3, -0.25) is 14.2 Å². The van der Waals surface area contributed by atoms with Crippen LogP contribution in [0.3, 0.4) is 0 Å². The number of methoxy groups -OCH3 is 1. The molecule has 0 radical (unpaired) electrons. The lowest BCUT2D eigenvalue weighted by molar-refractivity contribution is -0.134. The van der Waals surface area contributed by atoms with Gasteiger partial charge in [0.2, 0.25) is 5.91 Å². The summed E-state index contributed by atoms with van der Waals surface area (Å²) in [6, 6.07) is 9.23. The van der Waals surface area contributed by atoms with Crippen LogP contribution in [0, 0.1) is 0 Å².